The summed E-state index contributed by atoms with van der Waals surface area (Å²) in [5.74, 6) is 0.754. The van der Waals surface area contributed by atoms with Gasteiger partial charge < -0.3 is 15.2 Å². The van der Waals surface area contributed by atoms with E-state index in [4.69, 9.17) is 15.2 Å². The van der Waals surface area contributed by atoms with Gasteiger partial charge in [0.1, 0.15) is 11.9 Å². The number of hydrogen-bond acceptors (Lipinski definition) is 6. The first-order valence-electron chi connectivity index (χ1n) is 8.04. The van der Waals surface area contributed by atoms with Crippen LogP contribution in [0.2, 0.25) is 0 Å². The third kappa shape index (κ3) is 4.90. The number of ether oxygens (including phenoxy) is 2. The molecule has 2 aromatic rings. The van der Waals surface area contributed by atoms with Gasteiger partial charge in [0.05, 0.1) is 23.0 Å². The van der Waals surface area contributed by atoms with Gasteiger partial charge in [-0.15, -0.1) is 0 Å². The van der Waals surface area contributed by atoms with E-state index in [0.29, 0.717) is 23.8 Å². The summed E-state index contributed by atoms with van der Waals surface area (Å²) in [7, 11) is -3.19. The van der Waals surface area contributed by atoms with Crippen LogP contribution in [0.15, 0.2) is 57.2 Å². The van der Waals surface area contributed by atoms with Gasteiger partial charge in [-0.3, -0.25) is 0 Å². The van der Waals surface area contributed by atoms with Gasteiger partial charge in [-0.2, -0.15) is 0 Å². The maximum atomic E-state index is 11.6. The molecule has 7 heteroatoms. The molecule has 0 aliphatic carbocycles. The molecule has 2 aromatic carbocycles. The van der Waals surface area contributed by atoms with Crippen molar-refractivity contribution in [1.29, 1.82) is 0 Å². The Bertz CT molecular complexity index is 829. The zero-order chi connectivity index (χ0) is 17.9. The molecule has 0 atom stereocenters. The summed E-state index contributed by atoms with van der Waals surface area (Å²) in [5.41, 5.74) is 6.56. The predicted octanol–water partition coefficient (Wildman–Crippen LogP) is 3.38. The first-order valence-corrected chi connectivity index (χ1v) is 10.7. The van der Waals surface area contributed by atoms with Crippen molar-refractivity contribution in [3.8, 4) is 5.75 Å². The number of nitrogen functional groups attached to an aromatic ring is 1. The molecule has 2 N–H and O–H groups in total. The van der Waals surface area contributed by atoms with Crippen molar-refractivity contribution in [2.24, 2.45) is 0 Å². The summed E-state index contributed by atoms with van der Waals surface area (Å²) in [6.45, 7) is 1.42. The molecule has 1 heterocycles. The number of hydrogen-bond donors (Lipinski definition) is 1. The summed E-state index contributed by atoms with van der Waals surface area (Å²) in [5, 5.41) is 0. The van der Waals surface area contributed by atoms with E-state index in [2.05, 4.69) is 0 Å². The number of anilines is 1. The molecule has 0 unspecified atom stereocenters. The molecule has 0 aromatic heterocycles. The molecule has 1 saturated heterocycles. The van der Waals surface area contributed by atoms with Gasteiger partial charge >= 0.3 is 0 Å². The minimum atomic E-state index is -3.19. The molecule has 1 aliphatic heterocycles. The maximum Gasteiger partial charge on any atom is 0.175 e. The first-order chi connectivity index (χ1) is 11.9. The van der Waals surface area contributed by atoms with Crippen molar-refractivity contribution >= 4 is 27.3 Å². The quantitative estimate of drug-likeness (QED) is 0.803. The van der Waals surface area contributed by atoms with E-state index in [1.165, 1.54) is 18.0 Å². The van der Waals surface area contributed by atoms with Crippen LogP contribution in [0, 0.1) is 0 Å². The van der Waals surface area contributed by atoms with Crippen LogP contribution < -0.4 is 10.5 Å². The van der Waals surface area contributed by atoms with E-state index < -0.39 is 9.84 Å². The Hall–Kier alpha value is -1.70. The lowest BCUT2D eigenvalue weighted by Crippen LogP contribution is -2.26. The summed E-state index contributed by atoms with van der Waals surface area (Å²) in [6, 6.07) is 12.4. The SMILES string of the molecule is CS(=O)(=O)c1ccc(Sc2ccc(N)cc2OC2CCOCC2)cc1. The fraction of sp³-hybridized carbons (Fsp3) is 0.333. The largest absolute Gasteiger partial charge is 0.489 e. The van der Waals surface area contributed by atoms with Crippen LogP contribution in [0.3, 0.4) is 0 Å². The summed E-state index contributed by atoms with van der Waals surface area (Å²) in [6.07, 6.45) is 3.06. The fourth-order valence-electron chi connectivity index (χ4n) is 2.56. The molecular weight excluding hydrogens is 358 g/mol. The molecule has 134 valence electrons. The van der Waals surface area contributed by atoms with Gasteiger partial charge in [0.15, 0.2) is 9.84 Å². The van der Waals surface area contributed by atoms with Gasteiger partial charge in [-0.1, -0.05) is 11.8 Å². The van der Waals surface area contributed by atoms with E-state index in [-0.39, 0.29) is 6.10 Å². The Morgan fingerprint density at radius 2 is 1.80 bits per heavy atom. The van der Waals surface area contributed by atoms with Gasteiger partial charge in [0, 0.05) is 35.7 Å². The van der Waals surface area contributed by atoms with Crippen LogP contribution in [-0.4, -0.2) is 34.0 Å². The lowest BCUT2D eigenvalue weighted by atomic mass is 10.1. The number of benzene rings is 2. The molecular formula is C18H21NO4S2. The van der Waals surface area contributed by atoms with Crippen LogP contribution in [0.25, 0.3) is 0 Å². The average Bonchev–Trinajstić information content (AvgIpc) is 2.58. The second-order valence-electron chi connectivity index (χ2n) is 5.98. The van der Waals surface area contributed by atoms with Crippen molar-refractivity contribution in [3.05, 3.63) is 42.5 Å². The summed E-state index contributed by atoms with van der Waals surface area (Å²) >= 11 is 1.52. The van der Waals surface area contributed by atoms with Crippen molar-refractivity contribution in [1.82, 2.24) is 0 Å². The molecule has 1 fully saturated rings. The monoisotopic (exact) mass is 379 g/mol. The van der Waals surface area contributed by atoms with E-state index in [9.17, 15) is 8.42 Å². The minimum absolute atomic E-state index is 0.127. The van der Waals surface area contributed by atoms with Crippen molar-refractivity contribution < 1.29 is 17.9 Å². The topological polar surface area (TPSA) is 78.6 Å². The molecule has 0 spiro atoms. The van der Waals surface area contributed by atoms with Crippen LogP contribution in [0.4, 0.5) is 5.69 Å². The Kier molecular flexibility index (Phi) is 5.56. The molecule has 0 amide bonds. The second kappa shape index (κ2) is 7.68. The van der Waals surface area contributed by atoms with Crippen LogP contribution in [0.5, 0.6) is 5.75 Å². The minimum Gasteiger partial charge on any atom is -0.489 e. The normalized spacial score (nSPS) is 15.9. The highest BCUT2D eigenvalue weighted by Crippen LogP contribution is 2.37. The smallest absolute Gasteiger partial charge is 0.175 e. The van der Waals surface area contributed by atoms with Gasteiger partial charge in [0.2, 0.25) is 0 Å². The summed E-state index contributed by atoms with van der Waals surface area (Å²) < 4.78 is 34.6. The molecule has 3 rings (SSSR count). The standard InChI is InChI=1S/C18H21NO4S2/c1-25(20,21)16-5-3-15(4-6-16)24-18-7-2-13(19)12-17(18)23-14-8-10-22-11-9-14/h2-7,12,14H,8-11,19H2,1H3. The lowest BCUT2D eigenvalue weighted by molar-refractivity contribution is 0.0245. The van der Waals surface area contributed by atoms with Crippen LogP contribution in [-0.2, 0) is 14.6 Å². The molecule has 5 nitrogen and oxygen atoms in total. The Balaban J connectivity index is 1.79. The molecule has 25 heavy (non-hydrogen) atoms. The zero-order valence-corrected chi connectivity index (χ0v) is 15.6. The molecule has 1 aliphatic rings. The summed E-state index contributed by atoms with van der Waals surface area (Å²) in [4.78, 5) is 2.20. The van der Waals surface area contributed by atoms with Crippen LogP contribution >= 0.6 is 11.8 Å². The number of sulfone groups is 1. The van der Waals surface area contributed by atoms with Gasteiger partial charge in [0.25, 0.3) is 0 Å². The number of nitrogens with two attached hydrogens (primary N) is 1. The van der Waals surface area contributed by atoms with E-state index in [0.717, 1.165) is 28.4 Å². The predicted molar refractivity (Wildman–Crippen MR) is 99.0 cm³/mol. The highest BCUT2D eigenvalue weighted by atomic mass is 32.2. The van der Waals surface area contributed by atoms with Crippen molar-refractivity contribution in [3.63, 3.8) is 0 Å². The fourth-order valence-corrected chi connectivity index (χ4v) is 4.06. The second-order valence-corrected chi connectivity index (χ2v) is 9.11. The van der Waals surface area contributed by atoms with Gasteiger partial charge in [-0.25, -0.2) is 8.42 Å². The lowest BCUT2D eigenvalue weighted by Gasteiger charge is -2.24. The van der Waals surface area contributed by atoms with Crippen LogP contribution in [0.1, 0.15) is 12.8 Å². The Labute approximate surface area is 152 Å². The first kappa shape index (κ1) is 18.1. The molecule has 0 bridgehead atoms. The van der Waals surface area contributed by atoms with E-state index in [1.807, 2.05) is 18.2 Å². The number of rotatable bonds is 5. The highest BCUT2D eigenvalue weighted by Gasteiger charge is 2.17. The van der Waals surface area contributed by atoms with Crippen molar-refractivity contribution in [2.75, 3.05) is 25.2 Å². The molecule has 0 saturated carbocycles. The van der Waals surface area contributed by atoms with E-state index in [1.54, 1.807) is 24.3 Å². The highest BCUT2D eigenvalue weighted by molar-refractivity contribution is 7.99. The molecule has 0 radical (unpaired) electrons. The van der Waals surface area contributed by atoms with Gasteiger partial charge in [-0.05, 0) is 36.4 Å². The van der Waals surface area contributed by atoms with Crippen molar-refractivity contribution in [2.45, 2.75) is 33.6 Å². The maximum absolute atomic E-state index is 11.6. The Morgan fingerprint density at radius 3 is 2.44 bits per heavy atom. The Morgan fingerprint density at radius 1 is 1.12 bits per heavy atom. The third-order valence-electron chi connectivity index (χ3n) is 3.91. The van der Waals surface area contributed by atoms with E-state index >= 15 is 0 Å². The average molecular weight is 380 g/mol. The third-order valence-corrected chi connectivity index (χ3v) is 6.10. The zero-order valence-electron chi connectivity index (χ0n) is 14.0.